The number of aryl methyl sites for hydroxylation is 1. The topological polar surface area (TPSA) is 46.6 Å². The van der Waals surface area contributed by atoms with Crippen LogP contribution in [0.3, 0.4) is 0 Å². The molecule has 0 bridgehead atoms. The van der Waals surface area contributed by atoms with Crippen LogP contribution in [0.5, 0.6) is 5.75 Å². The zero-order valence-electron chi connectivity index (χ0n) is 14.0. The smallest absolute Gasteiger partial charge is 0.308 e. The Morgan fingerprint density at radius 1 is 1.08 bits per heavy atom. The summed E-state index contributed by atoms with van der Waals surface area (Å²) in [5, 5.41) is 0. The van der Waals surface area contributed by atoms with Gasteiger partial charge in [-0.05, 0) is 30.5 Å². The molecule has 0 spiro atoms. The van der Waals surface area contributed by atoms with Gasteiger partial charge in [-0.1, -0.05) is 36.4 Å². The SMILES string of the molecule is CC(=O)Oc1cccc2c1C(CCc1ccccc1)CN2C(C)=O. The second-order valence-electron chi connectivity index (χ2n) is 6.13. The Morgan fingerprint density at radius 2 is 1.83 bits per heavy atom. The molecule has 4 heteroatoms. The van der Waals surface area contributed by atoms with Crippen LogP contribution in [0.2, 0.25) is 0 Å². The number of nitrogens with zero attached hydrogens (tertiary/aromatic N) is 1. The molecule has 24 heavy (non-hydrogen) atoms. The Labute approximate surface area is 142 Å². The van der Waals surface area contributed by atoms with Crippen molar-refractivity contribution in [2.24, 2.45) is 0 Å². The third kappa shape index (κ3) is 3.32. The number of ether oxygens (including phenoxy) is 1. The van der Waals surface area contributed by atoms with E-state index in [0.717, 1.165) is 24.1 Å². The molecule has 1 amide bonds. The second-order valence-corrected chi connectivity index (χ2v) is 6.13. The van der Waals surface area contributed by atoms with Crippen molar-refractivity contribution in [2.75, 3.05) is 11.4 Å². The van der Waals surface area contributed by atoms with E-state index in [1.54, 1.807) is 17.9 Å². The summed E-state index contributed by atoms with van der Waals surface area (Å²) in [6.07, 6.45) is 1.82. The van der Waals surface area contributed by atoms with Crippen LogP contribution in [0.15, 0.2) is 48.5 Å². The van der Waals surface area contributed by atoms with Gasteiger partial charge in [-0.25, -0.2) is 0 Å². The van der Waals surface area contributed by atoms with Gasteiger partial charge in [-0.2, -0.15) is 0 Å². The monoisotopic (exact) mass is 323 g/mol. The summed E-state index contributed by atoms with van der Waals surface area (Å²) in [5.41, 5.74) is 3.10. The van der Waals surface area contributed by atoms with Crippen LogP contribution in [0.4, 0.5) is 5.69 Å². The van der Waals surface area contributed by atoms with Gasteiger partial charge < -0.3 is 9.64 Å². The fourth-order valence-electron chi connectivity index (χ4n) is 3.35. The summed E-state index contributed by atoms with van der Waals surface area (Å²) in [5.74, 6) is 0.409. The molecule has 0 N–H and O–H groups in total. The average Bonchev–Trinajstić information content (AvgIpc) is 2.93. The predicted octanol–water partition coefficient (Wildman–Crippen LogP) is 3.69. The van der Waals surface area contributed by atoms with Gasteiger partial charge in [0.1, 0.15) is 5.75 Å². The molecule has 2 aromatic carbocycles. The van der Waals surface area contributed by atoms with Crippen molar-refractivity contribution in [3.8, 4) is 5.75 Å². The van der Waals surface area contributed by atoms with Gasteiger partial charge in [0.15, 0.2) is 0 Å². The summed E-state index contributed by atoms with van der Waals surface area (Å²) < 4.78 is 5.39. The molecule has 1 aliphatic heterocycles. The van der Waals surface area contributed by atoms with E-state index in [9.17, 15) is 9.59 Å². The van der Waals surface area contributed by atoms with Crippen LogP contribution in [-0.2, 0) is 16.0 Å². The third-order valence-corrected chi connectivity index (χ3v) is 4.40. The Morgan fingerprint density at radius 3 is 2.50 bits per heavy atom. The molecule has 1 aliphatic rings. The van der Waals surface area contributed by atoms with Gasteiger partial charge in [0.05, 0.1) is 5.69 Å². The van der Waals surface area contributed by atoms with Gasteiger partial charge in [0, 0.05) is 31.9 Å². The summed E-state index contributed by atoms with van der Waals surface area (Å²) in [4.78, 5) is 25.2. The van der Waals surface area contributed by atoms with Gasteiger partial charge in [-0.15, -0.1) is 0 Å². The lowest BCUT2D eigenvalue weighted by Crippen LogP contribution is -2.27. The quantitative estimate of drug-likeness (QED) is 0.637. The standard InChI is InChI=1S/C20H21NO3/c1-14(22)21-13-17(12-11-16-7-4-3-5-8-16)20-18(21)9-6-10-19(20)24-15(2)23/h3-10,17H,11-13H2,1-2H3. The number of rotatable bonds is 4. The zero-order valence-corrected chi connectivity index (χ0v) is 14.0. The number of anilines is 1. The average molecular weight is 323 g/mol. The summed E-state index contributed by atoms with van der Waals surface area (Å²) >= 11 is 0. The van der Waals surface area contributed by atoms with Crippen LogP contribution < -0.4 is 9.64 Å². The van der Waals surface area contributed by atoms with Crippen LogP contribution >= 0.6 is 0 Å². The van der Waals surface area contributed by atoms with Crippen molar-refractivity contribution in [3.63, 3.8) is 0 Å². The molecule has 0 aliphatic carbocycles. The first-order valence-corrected chi connectivity index (χ1v) is 8.19. The largest absolute Gasteiger partial charge is 0.426 e. The van der Waals surface area contributed by atoms with Crippen LogP contribution in [0.25, 0.3) is 0 Å². The van der Waals surface area contributed by atoms with E-state index in [0.29, 0.717) is 12.3 Å². The molecule has 0 fully saturated rings. The first kappa shape index (κ1) is 16.2. The highest BCUT2D eigenvalue weighted by atomic mass is 16.5. The first-order chi connectivity index (χ1) is 11.6. The molecule has 3 rings (SSSR count). The highest BCUT2D eigenvalue weighted by molar-refractivity contribution is 5.95. The normalized spacial score (nSPS) is 15.9. The maximum atomic E-state index is 12.0. The number of benzene rings is 2. The first-order valence-electron chi connectivity index (χ1n) is 8.19. The molecule has 124 valence electrons. The second kappa shape index (κ2) is 6.87. The minimum Gasteiger partial charge on any atom is -0.426 e. The van der Waals surface area contributed by atoms with Crippen molar-refractivity contribution < 1.29 is 14.3 Å². The van der Waals surface area contributed by atoms with Gasteiger partial charge >= 0.3 is 5.97 Å². The maximum absolute atomic E-state index is 12.0. The highest BCUT2D eigenvalue weighted by Crippen LogP contribution is 2.44. The molecule has 1 heterocycles. The Balaban J connectivity index is 1.89. The van der Waals surface area contributed by atoms with Crippen LogP contribution in [0.1, 0.15) is 37.3 Å². The van der Waals surface area contributed by atoms with Crippen molar-refractivity contribution in [1.82, 2.24) is 0 Å². The summed E-state index contributed by atoms with van der Waals surface area (Å²) in [7, 11) is 0. The van der Waals surface area contributed by atoms with Crippen molar-refractivity contribution >= 4 is 17.6 Å². The minimum atomic E-state index is -0.341. The number of carbonyl (C=O) groups excluding carboxylic acids is 2. The van der Waals surface area contributed by atoms with Crippen LogP contribution in [-0.4, -0.2) is 18.4 Å². The lowest BCUT2D eigenvalue weighted by Gasteiger charge is -2.15. The molecular formula is C20H21NO3. The van der Waals surface area contributed by atoms with Crippen molar-refractivity contribution in [3.05, 3.63) is 59.7 Å². The van der Waals surface area contributed by atoms with E-state index in [2.05, 4.69) is 12.1 Å². The highest BCUT2D eigenvalue weighted by Gasteiger charge is 2.33. The summed E-state index contributed by atoms with van der Waals surface area (Å²) in [6, 6.07) is 15.8. The predicted molar refractivity (Wildman–Crippen MR) is 93.3 cm³/mol. The van der Waals surface area contributed by atoms with E-state index in [1.165, 1.54) is 12.5 Å². The number of hydrogen-bond donors (Lipinski definition) is 0. The number of hydrogen-bond acceptors (Lipinski definition) is 3. The van der Waals surface area contributed by atoms with E-state index in [-0.39, 0.29) is 17.8 Å². The number of carbonyl (C=O) groups is 2. The Bertz CT molecular complexity index is 755. The molecular weight excluding hydrogens is 302 g/mol. The van der Waals surface area contributed by atoms with Gasteiger partial charge in [0.2, 0.25) is 5.91 Å². The molecule has 1 unspecified atom stereocenters. The Hall–Kier alpha value is -2.62. The molecule has 0 saturated carbocycles. The number of fused-ring (bicyclic) bond motifs is 1. The van der Waals surface area contributed by atoms with E-state index >= 15 is 0 Å². The lowest BCUT2D eigenvalue weighted by atomic mass is 9.93. The molecule has 0 saturated heterocycles. The van der Waals surface area contributed by atoms with E-state index in [4.69, 9.17) is 4.74 Å². The lowest BCUT2D eigenvalue weighted by molar-refractivity contribution is -0.132. The third-order valence-electron chi connectivity index (χ3n) is 4.40. The van der Waals surface area contributed by atoms with E-state index in [1.807, 2.05) is 30.3 Å². The van der Waals surface area contributed by atoms with Crippen molar-refractivity contribution in [2.45, 2.75) is 32.6 Å². The molecule has 4 nitrogen and oxygen atoms in total. The fourth-order valence-corrected chi connectivity index (χ4v) is 3.35. The summed E-state index contributed by atoms with van der Waals surface area (Å²) in [6.45, 7) is 3.60. The van der Waals surface area contributed by atoms with E-state index < -0.39 is 0 Å². The molecule has 2 aromatic rings. The molecule has 1 atom stereocenters. The van der Waals surface area contributed by atoms with Crippen molar-refractivity contribution in [1.29, 1.82) is 0 Å². The maximum Gasteiger partial charge on any atom is 0.308 e. The van der Waals surface area contributed by atoms with Crippen LogP contribution in [0, 0.1) is 0 Å². The number of amides is 1. The fraction of sp³-hybridized carbons (Fsp3) is 0.300. The molecule has 0 radical (unpaired) electrons. The van der Waals surface area contributed by atoms with Gasteiger partial charge in [0.25, 0.3) is 0 Å². The van der Waals surface area contributed by atoms with Gasteiger partial charge in [-0.3, -0.25) is 9.59 Å². The Kier molecular flexibility index (Phi) is 4.65. The molecule has 0 aromatic heterocycles. The minimum absolute atomic E-state index is 0.0124. The number of esters is 1. The zero-order chi connectivity index (χ0) is 17.1.